The van der Waals surface area contributed by atoms with Gasteiger partial charge >= 0.3 is 0 Å². The number of nitrogens with zero attached hydrogens (tertiary/aromatic N) is 3. The van der Waals surface area contributed by atoms with Crippen LogP contribution in [0.5, 0.6) is 5.75 Å². The van der Waals surface area contributed by atoms with E-state index >= 15 is 0 Å². The molecule has 0 saturated carbocycles. The highest BCUT2D eigenvalue weighted by Gasteiger charge is 2.23. The predicted molar refractivity (Wildman–Crippen MR) is 104 cm³/mol. The summed E-state index contributed by atoms with van der Waals surface area (Å²) in [5.41, 5.74) is 3.26. The zero-order valence-corrected chi connectivity index (χ0v) is 14.7. The zero-order chi connectivity index (χ0) is 17.9. The largest absolute Gasteiger partial charge is 0.497 e. The number of hydrogen-bond acceptors (Lipinski definition) is 6. The minimum Gasteiger partial charge on any atom is -0.497 e. The minimum atomic E-state index is -0.154. The molecule has 1 N–H and O–H groups in total. The molecule has 2 aromatic carbocycles. The van der Waals surface area contributed by atoms with Crippen molar-refractivity contribution >= 4 is 45.6 Å². The molecule has 26 heavy (non-hydrogen) atoms. The molecular weight excluding hydrogens is 348 g/mol. The van der Waals surface area contributed by atoms with Crippen LogP contribution in [0.2, 0.25) is 0 Å². The van der Waals surface area contributed by atoms with Crippen molar-refractivity contribution in [2.24, 2.45) is 4.99 Å². The van der Waals surface area contributed by atoms with E-state index in [0.717, 1.165) is 33.3 Å². The first-order chi connectivity index (χ1) is 12.7. The second kappa shape index (κ2) is 6.97. The van der Waals surface area contributed by atoms with Gasteiger partial charge in [0.2, 0.25) is 0 Å². The van der Waals surface area contributed by atoms with Crippen LogP contribution in [0.15, 0.2) is 64.8 Å². The van der Waals surface area contributed by atoms with Gasteiger partial charge in [0, 0.05) is 18.5 Å². The lowest BCUT2D eigenvalue weighted by Gasteiger charge is -2.03. The lowest BCUT2D eigenvalue weighted by Crippen LogP contribution is -2.18. The Morgan fingerprint density at radius 3 is 2.81 bits per heavy atom. The molecule has 7 heteroatoms. The number of carbonyl (C=O) groups excluding carboxylic acids is 1. The first-order valence-electron chi connectivity index (χ1n) is 7.86. The van der Waals surface area contributed by atoms with Crippen LogP contribution in [0.1, 0.15) is 5.56 Å². The van der Waals surface area contributed by atoms with Gasteiger partial charge in [-0.2, -0.15) is 0 Å². The van der Waals surface area contributed by atoms with Crippen molar-refractivity contribution in [1.82, 2.24) is 15.3 Å². The van der Waals surface area contributed by atoms with Crippen LogP contribution in [0.25, 0.3) is 17.1 Å². The van der Waals surface area contributed by atoms with E-state index in [4.69, 9.17) is 4.74 Å². The Kier molecular flexibility index (Phi) is 4.37. The molecule has 1 aliphatic heterocycles. The number of amides is 1. The third-order valence-electron chi connectivity index (χ3n) is 3.74. The molecule has 0 bridgehead atoms. The molecule has 1 aliphatic rings. The summed E-state index contributed by atoms with van der Waals surface area (Å²) in [6.07, 6.45) is 5.23. The SMILES string of the molecule is COc1cccc(N=C2NC(=O)S/C2=C\c2ccc3nccnc3c2)c1. The van der Waals surface area contributed by atoms with Gasteiger partial charge in [0.1, 0.15) is 11.6 Å². The predicted octanol–water partition coefficient (Wildman–Crippen LogP) is 4.17. The van der Waals surface area contributed by atoms with Crippen molar-refractivity contribution in [1.29, 1.82) is 0 Å². The zero-order valence-electron chi connectivity index (χ0n) is 13.8. The van der Waals surface area contributed by atoms with Gasteiger partial charge in [-0.15, -0.1) is 0 Å². The molecule has 1 aromatic heterocycles. The van der Waals surface area contributed by atoms with E-state index in [0.29, 0.717) is 17.3 Å². The molecule has 4 rings (SSSR count). The van der Waals surface area contributed by atoms with Crippen molar-refractivity contribution in [2.75, 3.05) is 7.11 Å². The maximum Gasteiger partial charge on any atom is 0.289 e. The number of ether oxygens (including phenoxy) is 1. The molecule has 2 heterocycles. The lowest BCUT2D eigenvalue weighted by molar-refractivity contribution is 0.265. The van der Waals surface area contributed by atoms with Crippen LogP contribution >= 0.6 is 11.8 Å². The number of methoxy groups -OCH3 is 1. The summed E-state index contributed by atoms with van der Waals surface area (Å²) in [6.45, 7) is 0. The normalized spacial score (nSPS) is 17.0. The average Bonchev–Trinajstić information content (AvgIpc) is 3.00. The summed E-state index contributed by atoms with van der Waals surface area (Å²) < 4.78 is 5.21. The smallest absolute Gasteiger partial charge is 0.289 e. The van der Waals surface area contributed by atoms with Gasteiger partial charge in [0.15, 0.2) is 0 Å². The number of nitrogens with one attached hydrogen (secondary N) is 1. The summed E-state index contributed by atoms with van der Waals surface area (Å²) in [5.74, 6) is 1.23. The maximum atomic E-state index is 11.9. The topological polar surface area (TPSA) is 76.5 Å². The molecule has 1 amide bonds. The highest BCUT2D eigenvalue weighted by atomic mass is 32.2. The van der Waals surface area contributed by atoms with E-state index < -0.39 is 0 Å². The molecule has 0 aliphatic carbocycles. The Morgan fingerprint density at radius 1 is 1.12 bits per heavy atom. The molecule has 1 fully saturated rings. The number of aromatic nitrogens is 2. The van der Waals surface area contributed by atoms with Crippen molar-refractivity contribution in [3.63, 3.8) is 0 Å². The first-order valence-corrected chi connectivity index (χ1v) is 8.67. The monoisotopic (exact) mass is 362 g/mol. The second-order valence-electron chi connectivity index (χ2n) is 5.49. The standard InChI is InChI=1S/C19H14N4O2S/c1-25-14-4-2-3-13(11-14)22-18-17(26-19(24)23-18)10-12-5-6-15-16(9-12)21-8-7-20-15/h2-11H,1H3,(H,22,23,24)/b17-10-. The van der Waals surface area contributed by atoms with Crippen molar-refractivity contribution in [3.8, 4) is 5.75 Å². The third kappa shape index (κ3) is 3.43. The Balaban J connectivity index is 1.71. The van der Waals surface area contributed by atoms with Crippen LogP contribution in [-0.4, -0.2) is 28.2 Å². The summed E-state index contributed by atoms with van der Waals surface area (Å²) in [7, 11) is 1.60. The number of hydrogen-bond donors (Lipinski definition) is 1. The second-order valence-corrected chi connectivity index (χ2v) is 6.50. The van der Waals surface area contributed by atoms with Crippen LogP contribution < -0.4 is 10.1 Å². The lowest BCUT2D eigenvalue weighted by atomic mass is 10.1. The maximum absolute atomic E-state index is 11.9. The Labute approximate surface area is 154 Å². The van der Waals surface area contributed by atoms with Crippen molar-refractivity contribution in [3.05, 3.63) is 65.3 Å². The van der Waals surface area contributed by atoms with E-state index in [2.05, 4.69) is 20.3 Å². The van der Waals surface area contributed by atoms with Crippen LogP contribution in [0.3, 0.4) is 0 Å². The number of benzene rings is 2. The Morgan fingerprint density at radius 2 is 1.96 bits per heavy atom. The van der Waals surface area contributed by atoms with E-state index in [1.165, 1.54) is 0 Å². The third-order valence-corrected chi connectivity index (χ3v) is 4.56. The summed E-state index contributed by atoms with van der Waals surface area (Å²) in [6, 6.07) is 13.1. The molecule has 6 nitrogen and oxygen atoms in total. The molecular formula is C19H14N4O2S. The van der Waals surface area contributed by atoms with Gasteiger partial charge < -0.3 is 10.1 Å². The van der Waals surface area contributed by atoms with Gasteiger partial charge in [-0.3, -0.25) is 14.8 Å². The van der Waals surface area contributed by atoms with Gasteiger partial charge in [-0.25, -0.2) is 4.99 Å². The average molecular weight is 362 g/mol. The van der Waals surface area contributed by atoms with Gasteiger partial charge in [-0.05, 0) is 47.7 Å². The summed E-state index contributed by atoms with van der Waals surface area (Å²) in [5, 5.41) is 2.63. The number of carbonyl (C=O) groups is 1. The minimum absolute atomic E-state index is 0.154. The quantitative estimate of drug-likeness (QED) is 0.757. The molecule has 128 valence electrons. The van der Waals surface area contributed by atoms with E-state index in [1.54, 1.807) is 19.5 Å². The van der Waals surface area contributed by atoms with Gasteiger partial charge in [-0.1, -0.05) is 12.1 Å². The van der Waals surface area contributed by atoms with E-state index in [-0.39, 0.29) is 5.24 Å². The molecule has 0 unspecified atom stereocenters. The number of rotatable bonds is 3. The summed E-state index contributed by atoms with van der Waals surface area (Å²) in [4.78, 5) is 25.7. The van der Waals surface area contributed by atoms with Gasteiger partial charge in [0.05, 0.1) is 28.7 Å². The van der Waals surface area contributed by atoms with Crippen molar-refractivity contribution < 1.29 is 9.53 Å². The van der Waals surface area contributed by atoms with Crippen molar-refractivity contribution in [2.45, 2.75) is 0 Å². The molecule has 0 atom stereocenters. The fourth-order valence-corrected chi connectivity index (χ4v) is 3.28. The fraction of sp³-hybridized carbons (Fsp3) is 0.0526. The molecule has 0 radical (unpaired) electrons. The van der Waals surface area contributed by atoms with Crippen LogP contribution in [-0.2, 0) is 0 Å². The number of aliphatic imine (C=N–C) groups is 1. The Bertz CT molecular complexity index is 1060. The van der Waals surface area contributed by atoms with Crippen LogP contribution in [0.4, 0.5) is 10.5 Å². The van der Waals surface area contributed by atoms with E-state index in [9.17, 15) is 4.79 Å². The number of fused-ring (bicyclic) bond motifs is 1. The summed E-state index contributed by atoms with van der Waals surface area (Å²) >= 11 is 1.12. The molecule has 0 spiro atoms. The highest BCUT2D eigenvalue weighted by molar-refractivity contribution is 8.18. The molecule has 3 aromatic rings. The Hall–Kier alpha value is -3.19. The molecule has 1 saturated heterocycles. The first kappa shape index (κ1) is 16.3. The van der Waals surface area contributed by atoms with Gasteiger partial charge in [0.25, 0.3) is 5.24 Å². The van der Waals surface area contributed by atoms with Crippen LogP contribution in [0, 0.1) is 0 Å². The number of amidine groups is 1. The highest BCUT2D eigenvalue weighted by Crippen LogP contribution is 2.29. The fourth-order valence-electron chi connectivity index (χ4n) is 2.54. The van der Waals surface area contributed by atoms with E-state index in [1.807, 2.05) is 48.5 Å². The number of thioether (sulfide) groups is 1.